The molecule has 6 heteroatoms. The lowest BCUT2D eigenvalue weighted by Gasteiger charge is -2.10. The molecule has 0 aromatic carbocycles. The second-order valence-electron chi connectivity index (χ2n) is 4.43. The first-order valence-corrected chi connectivity index (χ1v) is 7.46. The van der Waals surface area contributed by atoms with Crippen molar-refractivity contribution in [2.24, 2.45) is 11.8 Å². The molecular formula is C12H22O4S2. The Morgan fingerprint density at radius 1 is 0.778 bits per heavy atom. The van der Waals surface area contributed by atoms with Gasteiger partial charge in [0.25, 0.3) is 0 Å². The van der Waals surface area contributed by atoms with Crippen molar-refractivity contribution in [2.45, 2.75) is 38.5 Å². The number of rotatable bonds is 11. The maximum Gasteiger partial charge on any atom is 0.307 e. The first kappa shape index (κ1) is 17.6. The van der Waals surface area contributed by atoms with E-state index in [1.807, 2.05) is 0 Å². The largest absolute Gasteiger partial charge is 0.481 e. The van der Waals surface area contributed by atoms with Gasteiger partial charge in [-0.15, -0.1) is 0 Å². The fourth-order valence-corrected chi connectivity index (χ4v) is 2.40. The second kappa shape index (κ2) is 10.6. The summed E-state index contributed by atoms with van der Waals surface area (Å²) in [5, 5.41) is 17.6. The van der Waals surface area contributed by atoms with Crippen LogP contribution in [0.2, 0.25) is 0 Å². The van der Waals surface area contributed by atoms with E-state index in [2.05, 4.69) is 25.3 Å². The summed E-state index contributed by atoms with van der Waals surface area (Å²) in [6.07, 6.45) is 4.89. The van der Waals surface area contributed by atoms with Crippen molar-refractivity contribution >= 4 is 37.2 Å². The molecule has 0 aliphatic carbocycles. The van der Waals surface area contributed by atoms with Gasteiger partial charge in [0, 0.05) is 11.5 Å². The van der Waals surface area contributed by atoms with Crippen LogP contribution in [0.1, 0.15) is 38.5 Å². The van der Waals surface area contributed by atoms with Crippen molar-refractivity contribution in [1.82, 2.24) is 0 Å². The van der Waals surface area contributed by atoms with Gasteiger partial charge in [-0.3, -0.25) is 9.59 Å². The van der Waals surface area contributed by atoms with Gasteiger partial charge in [-0.05, 0) is 12.8 Å². The molecular weight excluding hydrogens is 272 g/mol. The van der Waals surface area contributed by atoms with Gasteiger partial charge in [0.05, 0.1) is 11.8 Å². The third-order valence-electron chi connectivity index (χ3n) is 2.99. The lowest BCUT2D eigenvalue weighted by molar-refractivity contribution is -0.142. The molecule has 0 amide bonds. The second-order valence-corrected chi connectivity index (χ2v) is 5.16. The molecule has 0 aliphatic heterocycles. The molecule has 0 aromatic heterocycles. The van der Waals surface area contributed by atoms with E-state index in [9.17, 15) is 9.59 Å². The lowest BCUT2D eigenvalue weighted by Crippen LogP contribution is -2.15. The van der Waals surface area contributed by atoms with Crippen molar-refractivity contribution in [2.75, 3.05) is 11.5 Å². The Morgan fingerprint density at radius 3 is 1.33 bits per heavy atom. The normalized spacial score (nSPS) is 14.1. The molecule has 0 rings (SSSR count). The minimum atomic E-state index is -0.786. The Labute approximate surface area is 119 Å². The highest BCUT2D eigenvalue weighted by Gasteiger charge is 2.16. The molecule has 0 fully saturated rings. The molecule has 0 saturated heterocycles. The third-order valence-corrected chi connectivity index (χ3v) is 3.88. The highest BCUT2D eigenvalue weighted by atomic mass is 32.1. The van der Waals surface area contributed by atoms with Crippen LogP contribution in [0.4, 0.5) is 0 Å². The van der Waals surface area contributed by atoms with Gasteiger partial charge in [0.1, 0.15) is 0 Å². The minimum Gasteiger partial charge on any atom is -0.481 e. The maximum atomic E-state index is 10.7. The smallest absolute Gasteiger partial charge is 0.307 e. The monoisotopic (exact) mass is 294 g/mol. The van der Waals surface area contributed by atoms with E-state index < -0.39 is 11.9 Å². The van der Waals surface area contributed by atoms with Crippen molar-refractivity contribution in [3.05, 3.63) is 0 Å². The first-order chi connectivity index (χ1) is 8.52. The molecule has 0 saturated carbocycles. The van der Waals surface area contributed by atoms with Gasteiger partial charge in [-0.1, -0.05) is 25.7 Å². The number of thiol groups is 2. The van der Waals surface area contributed by atoms with Crippen LogP contribution in [-0.2, 0) is 9.59 Å². The van der Waals surface area contributed by atoms with Crippen molar-refractivity contribution < 1.29 is 19.8 Å². The van der Waals surface area contributed by atoms with Crippen LogP contribution in [0.25, 0.3) is 0 Å². The molecule has 0 heterocycles. The first-order valence-electron chi connectivity index (χ1n) is 6.20. The van der Waals surface area contributed by atoms with E-state index in [4.69, 9.17) is 10.2 Å². The zero-order valence-electron chi connectivity index (χ0n) is 10.4. The fourth-order valence-electron chi connectivity index (χ4n) is 1.72. The maximum absolute atomic E-state index is 10.7. The molecule has 0 bridgehead atoms. The summed E-state index contributed by atoms with van der Waals surface area (Å²) in [5.41, 5.74) is 0. The number of hydrogen-bond donors (Lipinski definition) is 4. The Balaban J connectivity index is 3.56. The van der Waals surface area contributed by atoms with E-state index in [-0.39, 0.29) is 11.8 Å². The van der Waals surface area contributed by atoms with Crippen LogP contribution in [0.5, 0.6) is 0 Å². The van der Waals surface area contributed by atoms with Gasteiger partial charge >= 0.3 is 11.9 Å². The van der Waals surface area contributed by atoms with Gasteiger partial charge in [0.2, 0.25) is 0 Å². The van der Waals surface area contributed by atoms with Crippen LogP contribution in [0.3, 0.4) is 0 Å². The van der Waals surface area contributed by atoms with E-state index in [1.165, 1.54) is 0 Å². The summed E-state index contributed by atoms with van der Waals surface area (Å²) in [7, 11) is 0. The summed E-state index contributed by atoms with van der Waals surface area (Å²) in [6.45, 7) is 0. The number of carbonyl (C=O) groups is 2. The van der Waals surface area contributed by atoms with E-state index >= 15 is 0 Å². The molecule has 4 nitrogen and oxygen atoms in total. The van der Waals surface area contributed by atoms with E-state index in [0.29, 0.717) is 24.3 Å². The van der Waals surface area contributed by atoms with Crippen LogP contribution in [-0.4, -0.2) is 33.7 Å². The molecule has 0 radical (unpaired) electrons. The Hall–Kier alpha value is -0.360. The summed E-state index contributed by atoms with van der Waals surface area (Å²) in [5.74, 6) is -1.56. The highest BCUT2D eigenvalue weighted by molar-refractivity contribution is 7.80. The predicted molar refractivity (Wildman–Crippen MR) is 77.7 cm³/mol. The molecule has 2 atom stereocenters. The van der Waals surface area contributed by atoms with Gasteiger partial charge < -0.3 is 10.2 Å². The summed E-state index contributed by atoms with van der Waals surface area (Å²) in [6, 6.07) is 0. The molecule has 106 valence electrons. The van der Waals surface area contributed by atoms with Crippen LogP contribution in [0, 0.1) is 11.8 Å². The number of aliphatic carboxylic acids is 2. The molecule has 2 N–H and O–H groups in total. The van der Waals surface area contributed by atoms with Gasteiger partial charge in [0.15, 0.2) is 0 Å². The Bertz CT molecular complexity index is 232. The van der Waals surface area contributed by atoms with E-state index in [0.717, 1.165) is 25.7 Å². The fraction of sp³-hybridized carbons (Fsp3) is 0.833. The Kier molecular flexibility index (Phi) is 10.3. The molecule has 18 heavy (non-hydrogen) atoms. The predicted octanol–water partition coefficient (Wildman–Crippen LogP) is 2.59. The van der Waals surface area contributed by atoms with Crippen LogP contribution < -0.4 is 0 Å². The van der Waals surface area contributed by atoms with E-state index in [1.54, 1.807) is 0 Å². The zero-order valence-corrected chi connectivity index (χ0v) is 12.2. The van der Waals surface area contributed by atoms with Crippen molar-refractivity contribution in [1.29, 1.82) is 0 Å². The average Bonchev–Trinajstić information content (AvgIpc) is 2.32. The number of hydrogen-bond acceptors (Lipinski definition) is 4. The summed E-state index contributed by atoms with van der Waals surface area (Å²) < 4.78 is 0. The number of carboxylic acid groups (broad SMARTS) is 2. The molecule has 0 aliphatic rings. The zero-order chi connectivity index (χ0) is 14.0. The quantitative estimate of drug-likeness (QED) is 0.349. The lowest BCUT2D eigenvalue weighted by atomic mass is 9.99. The van der Waals surface area contributed by atoms with Crippen molar-refractivity contribution in [3.8, 4) is 0 Å². The molecule has 2 unspecified atom stereocenters. The van der Waals surface area contributed by atoms with Gasteiger partial charge in [-0.2, -0.15) is 25.3 Å². The molecule has 0 aromatic rings. The van der Waals surface area contributed by atoms with Crippen molar-refractivity contribution in [3.63, 3.8) is 0 Å². The summed E-state index contributed by atoms with van der Waals surface area (Å²) in [4.78, 5) is 21.5. The van der Waals surface area contributed by atoms with Crippen LogP contribution >= 0.6 is 25.3 Å². The third kappa shape index (κ3) is 7.87. The number of carboxylic acids is 2. The Morgan fingerprint density at radius 2 is 1.11 bits per heavy atom. The summed E-state index contributed by atoms with van der Waals surface area (Å²) >= 11 is 8.01. The highest BCUT2D eigenvalue weighted by Crippen LogP contribution is 2.16. The average molecular weight is 294 g/mol. The van der Waals surface area contributed by atoms with Crippen LogP contribution in [0.15, 0.2) is 0 Å². The number of unbranched alkanes of at least 4 members (excludes halogenated alkanes) is 3. The standard InChI is InChI=1S/C12H22O4S2/c13-11(14)9(7-17)5-3-1-2-4-6-10(8-18)12(15)16/h9-10,17-18H,1-8H2,(H,13,14)(H,15,16). The SMILES string of the molecule is O=C(O)C(CS)CCCCCCC(CS)C(=O)O. The molecule has 0 spiro atoms. The van der Waals surface area contributed by atoms with Gasteiger partial charge in [-0.25, -0.2) is 0 Å². The topological polar surface area (TPSA) is 74.6 Å². The minimum absolute atomic E-state index is 0.363.